The van der Waals surface area contributed by atoms with Crippen molar-refractivity contribution < 1.29 is 22.4 Å². The van der Waals surface area contributed by atoms with Gasteiger partial charge < -0.3 is 16.4 Å². The van der Waals surface area contributed by atoms with E-state index in [1.165, 1.54) is 42.6 Å². The molecule has 1 aliphatic rings. The van der Waals surface area contributed by atoms with Crippen LogP contribution in [0.3, 0.4) is 0 Å². The summed E-state index contributed by atoms with van der Waals surface area (Å²) >= 11 is 0. The summed E-state index contributed by atoms with van der Waals surface area (Å²) in [5.41, 5.74) is 5.41. The lowest BCUT2D eigenvalue weighted by Gasteiger charge is -2.39. The van der Waals surface area contributed by atoms with Crippen molar-refractivity contribution in [3.8, 4) is 6.07 Å². The molecular weight excluding hydrogens is 476 g/mol. The highest BCUT2D eigenvalue weighted by molar-refractivity contribution is 5.98. The maximum absolute atomic E-state index is 13.2. The molecule has 11 heteroatoms. The smallest absolute Gasteiger partial charge is 0.382 e. The molecule has 4 rings (SSSR count). The largest absolute Gasteiger partial charge is 0.416 e. The zero-order chi connectivity index (χ0) is 25.9. The van der Waals surface area contributed by atoms with E-state index < -0.39 is 29.0 Å². The van der Waals surface area contributed by atoms with E-state index in [4.69, 9.17) is 5.73 Å². The van der Waals surface area contributed by atoms with Gasteiger partial charge in [0, 0.05) is 23.6 Å². The fourth-order valence-electron chi connectivity index (χ4n) is 4.48. The van der Waals surface area contributed by atoms with Crippen LogP contribution in [0.4, 0.5) is 34.8 Å². The van der Waals surface area contributed by atoms with Gasteiger partial charge in [-0.05, 0) is 74.2 Å². The number of benzene rings is 2. The molecule has 1 saturated carbocycles. The minimum absolute atomic E-state index is 0.00321. The first kappa shape index (κ1) is 25.0. The standard InChI is InChI=1S/C25H24F4N6O/c26-17-3-7-19(8-4-17)33-23-21(22(31)36)15-35(34-23)24(13-14-30)11-9-20(10-12-24)32-18-5-1-16(2-6-18)25(27,28)29/h1-8,15,20,32H,9-13H2,(H2,31,36)(H,33,34). The maximum atomic E-state index is 13.2. The molecule has 188 valence electrons. The molecule has 0 radical (unpaired) electrons. The topological polar surface area (TPSA) is 109 Å². The molecule has 7 nitrogen and oxygen atoms in total. The Bertz CT molecular complexity index is 1250. The Kier molecular flexibility index (Phi) is 6.88. The number of carbonyl (C=O) groups is 1. The minimum Gasteiger partial charge on any atom is -0.382 e. The summed E-state index contributed by atoms with van der Waals surface area (Å²) in [5, 5.41) is 20.3. The number of halogens is 4. The van der Waals surface area contributed by atoms with Crippen molar-refractivity contribution in [2.45, 2.75) is 49.9 Å². The molecule has 0 aliphatic heterocycles. The fourth-order valence-corrected chi connectivity index (χ4v) is 4.48. The molecule has 3 aromatic rings. The average Bonchev–Trinajstić information content (AvgIpc) is 3.27. The Hall–Kier alpha value is -4.07. The lowest BCUT2D eigenvalue weighted by molar-refractivity contribution is -0.137. The minimum atomic E-state index is -4.39. The molecule has 0 atom stereocenters. The van der Waals surface area contributed by atoms with Crippen LogP contribution in [-0.2, 0) is 11.7 Å². The number of carbonyl (C=O) groups excluding carboxylic acids is 1. The first-order chi connectivity index (χ1) is 17.1. The van der Waals surface area contributed by atoms with Crippen LogP contribution in [0.15, 0.2) is 54.7 Å². The Labute approximate surface area is 204 Å². The summed E-state index contributed by atoms with van der Waals surface area (Å²) in [7, 11) is 0. The number of nitrogens with one attached hydrogen (secondary N) is 2. The van der Waals surface area contributed by atoms with Crippen LogP contribution in [0, 0.1) is 17.1 Å². The molecule has 0 spiro atoms. The van der Waals surface area contributed by atoms with E-state index >= 15 is 0 Å². The van der Waals surface area contributed by atoms with E-state index in [1.807, 2.05) is 0 Å². The van der Waals surface area contributed by atoms with Crippen LogP contribution < -0.4 is 16.4 Å². The zero-order valence-electron chi connectivity index (χ0n) is 19.1. The highest BCUT2D eigenvalue weighted by Gasteiger charge is 2.39. The van der Waals surface area contributed by atoms with Crippen LogP contribution in [0.5, 0.6) is 0 Å². The van der Waals surface area contributed by atoms with Gasteiger partial charge in [-0.15, -0.1) is 0 Å². The first-order valence-corrected chi connectivity index (χ1v) is 11.3. The number of rotatable bonds is 7. The average molecular weight is 501 g/mol. The highest BCUT2D eigenvalue weighted by atomic mass is 19.4. The summed E-state index contributed by atoms with van der Waals surface area (Å²) in [6.45, 7) is 0. The van der Waals surface area contributed by atoms with Gasteiger partial charge in [0.25, 0.3) is 5.91 Å². The highest BCUT2D eigenvalue weighted by Crippen LogP contribution is 2.40. The number of aromatic nitrogens is 2. The number of alkyl halides is 3. The van der Waals surface area contributed by atoms with E-state index in [0.29, 0.717) is 37.1 Å². The normalized spacial score (nSPS) is 19.9. The van der Waals surface area contributed by atoms with Gasteiger partial charge in [0.05, 0.1) is 23.6 Å². The van der Waals surface area contributed by atoms with Gasteiger partial charge in [0.1, 0.15) is 11.4 Å². The summed E-state index contributed by atoms with van der Waals surface area (Å²) in [6.07, 6.45) is -0.350. The summed E-state index contributed by atoms with van der Waals surface area (Å²) in [6, 6.07) is 12.6. The predicted octanol–water partition coefficient (Wildman–Crippen LogP) is 5.55. The second-order valence-corrected chi connectivity index (χ2v) is 8.89. The number of nitriles is 1. The van der Waals surface area contributed by atoms with Gasteiger partial charge in [0.15, 0.2) is 5.82 Å². The Morgan fingerprint density at radius 2 is 1.72 bits per heavy atom. The van der Waals surface area contributed by atoms with E-state index in [1.54, 1.807) is 4.68 Å². The summed E-state index contributed by atoms with van der Waals surface area (Å²) in [4.78, 5) is 12.1. The van der Waals surface area contributed by atoms with Gasteiger partial charge in [0.2, 0.25) is 0 Å². The molecule has 1 aromatic heterocycles. The van der Waals surface area contributed by atoms with Crippen molar-refractivity contribution in [2.75, 3.05) is 10.6 Å². The monoisotopic (exact) mass is 500 g/mol. The molecule has 2 aromatic carbocycles. The Morgan fingerprint density at radius 1 is 1.11 bits per heavy atom. The quantitative estimate of drug-likeness (QED) is 0.369. The van der Waals surface area contributed by atoms with Crippen molar-refractivity contribution in [3.63, 3.8) is 0 Å². The van der Waals surface area contributed by atoms with Crippen LogP contribution in [0.2, 0.25) is 0 Å². The molecule has 36 heavy (non-hydrogen) atoms. The third-order valence-corrected chi connectivity index (χ3v) is 6.48. The predicted molar refractivity (Wildman–Crippen MR) is 126 cm³/mol. The van der Waals surface area contributed by atoms with Crippen molar-refractivity contribution in [1.29, 1.82) is 5.26 Å². The summed E-state index contributed by atoms with van der Waals surface area (Å²) < 4.78 is 53.3. The number of hydrogen-bond donors (Lipinski definition) is 3. The van der Waals surface area contributed by atoms with Crippen LogP contribution >= 0.6 is 0 Å². The number of nitrogens with zero attached hydrogens (tertiary/aromatic N) is 3. The van der Waals surface area contributed by atoms with Gasteiger partial charge in [-0.1, -0.05) is 0 Å². The third kappa shape index (κ3) is 5.43. The van der Waals surface area contributed by atoms with Crippen LogP contribution in [-0.4, -0.2) is 21.7 Å². The molecule has 1 aliphatic carbocycles. The van der Waals surface area contributed by atoms with E-state index in [-0.39, 0.29) is 23.8 Å². The van der Waals surface area contributed by atoms with Gasteiger partial charge in [-0.25, -0.2) is 4.39 Å². The molecule has 0 bridgehead atoms. The van der Waals surface area contributed by atoms with Crippen molar-refractivity contribution >= 4 is 23.1 Å². The maximum Gasteiger partial charge on any atom is 0.416 e. The van der Waals surface area contributed by atoms with Gasteiger partial charge >= 0.3 is 6.18 Å². The summed E-state index contributed by atoms with van der Waals surface area (Å²) in [5.74, 6) is -0.900. The number of hydrogen-bond acceptors (Lipinski definition) is 5. The van der Waals surface area contributed by atoms with E-state index in [9.17, 15) is 27.6 Å². The number of primary amides is 1. The molecule has 4 N–H and O–H groups in total. The van der Waals surface area contributed by atoms with Crippen LogP contribution in [0.25, 0.3) is 0 Å². The first-order valence-electron chi connectivity index (χ1n) is 11.3. The molecule has 1 fully saturated rings. The molecular formula is C25H24F4N6O. The molecule has 1 amide bonds. The van der Waals surface area contributed by atoms with Crippen LogP contribution in [0.1, 0.15) is 48.0 Å². The van der Waals surface area contributed by atoms with Gasteiger partial charge in [-0.3, -0.25) is 9.48 Å². The second-order valence-electron chi connectivity index (χ2n) is 8.89. The number of nitrogens with two attached hydrogens (primary N) is 1. The lowest BCUT2D eigenvalue weighted by atomic mass is 9.77. The second kappa shape index (κ2) is 9.89. The fraction of sp³-hybridized carbons (Fsp3) is 0.320. The zero-order valence-corrected chi connectivity index (χ0v) is 19.1. The number of amides is 1. The molecule has 1 heterocycles. The Balaban J connectivity index is 1.51. The van der Waals surface area contributed by atoms with E-state index in [2.05, 4.69) is 21.8 Å². The Morgan fingerprint density at radius 3 is 2.28 bits per heavy atom. The number of anilines is 3. The molecule has 0 unspecified atom stereocenters. The molecule has 0 saturated heterocycles. The van der Waals surface area contributed by atoms with Gasteiger partial charge in [-0.2, -0.15) is 23.5 Å². The lowest BCUT2D eigenvalue weighted by Crippen LogP contribution is -2.41. The van der Waals surface area contributed by atoms with Crippen molar-refractivity contribution in [3.05, 3.63) is 71.7 Å². The van der Waals surface area contributed by atoms with Crippen molar-refractivity contribution in [1.82, 2.24) is 9.78 Å². The van der Waals surface area contributed by atoms with Crippen molar-refractivity contribution in [2.24, 2.45) is 5.73 Å². The SMILES string of the molecule is N#CCC1(n2cc(C(N)=O)c(Nc3ccc(F)cc3)n2)CCC(Nc2ccc(C(F)(F)F)cc2)CC1. The van der Waals surface area contributed by atoms with E-state index in [0.717, 1.165) is 12.1 Å². The third-order valence-electron chi connectivity index (χ3n) is 6.48.